The zero-order chi connectivity index (χ0) is 19.2. The third-order valence-electron chi connectivity index (χ3n) is 3.83. The zero-order valence-corrected chi connectivity index (χ0v) is 15.2. The maximum absolute atomic E-state index is 12.0. The number of carbonyl (C=O) groups is 2. The van der Waals surface area contributed by atoms with Gasteiger partial charge in [-0.1, -0.05) is 42.5 Å². The van der Waals surface area contributed by atoms with Crippen LogP contribution in [-0.2, 0) is 20.9 Å². The second-order valence-corrected chi connectivity index (χ2v) is 5.86. The summed E-state index contributed by atoms with van der Waals surface area (Å²) in [7, 11) is 0. The molecule has 0 radical (unpaired) electrons. The lowest BCUT2D eigenvalue weighted by Gasteiger charge is -2.07. The molecule has 0 atom stereocenters. The van der Waals surface area contributed by atoms with Gasteiger partial charge in [-0.3, -0.25) is 14.3 Å². The minimum Gasteiger partial charge on any atom is -0.465 e. The van der Waals surface area contributed by atoms with Crippen LogP contribution in [0.25, 0.3) is 22.5 Å². The lowest BCUT2D eigenvalue weighted by atomic mass is 10.1. The van der Waals surface area contributed by atoms with E-state index in [1.54, 1.807) is 29.8 Å². The van der Waals surface area contributed by atoms with E-state index in [0.29, 0.717) is 18.1 Å². The van der Waals surface area contributed by atoms with Crippen LogP contribution in [0.2, 0.25) is 0 Å². The van der Waals surface area contributed by atoms with Crippen molar-refractivity contribution in [3.05, 3.63) is 60.7 Å². The molecule has 0 aliphatic carbocycles. The maximum atomic E-state index is 12.0. The van der Waals surface area contributed by atoms with Crippen LogP contribution in [0.5, 0.6) is 5.75 Å². The Kier molecular flexibility index (Phi) is 5.66. The molecule has 0 aliphatic heterocycles. The normalized spacial score (nSPS) is 10.4. The van der Waals surface area contributed by atoms with Crippen molar-refractivity contribution in [1.29, 1.82) is 0 Å². The summed E-state index contributed by atoms with van der Waals surface area (Å²) in [6, 6.07) is 18.7. The molecular formula is C21H20N2O4. The summed E-state index contributed by atoms with van der Waals surface area (Å²) in [5.74, 6) is -0.288. The molecule has 0 fully saturated rings. The molecule has 3 rings (SSSR count). The molecule has 0 saturated carbocycles. The summed E-state index contributed by atoms with van der Waals surface area (Å²) in [5.41, 5.74) is 3.20. The van der Waals surface area contributed by atoms with Gasteiger partial charge in [-0.2, -0.15) is 5.10 Å². The topological polar surface area (TPSA) is 70.4 Å². The highest BCUT2D eigenvalue weighted by Crippen LogP contribution is 2.28. The Morgan fingerprint density at radius 3 is 2.44 bits per heavy atom. The summed E-state index contributed by atoms with van der Waals surface area (Å²) in [4.78, 5) is 23.2. The Balaban J connectivity index is 2.00. The number of ether oxygens (including phenoxy) is 2. The van der Waals surface area contributed by atoms with Gasteiger partial charge in [-0.15, -0.1) is 0 Å². The van der Waals surface area contributed by atoms with Gasteiger partial charge in [0.2, 0.25) is 0 Å². The molecule has 0 bridgehead atoms. The summed E-state index contributed by atoms with van der Waals surface area (Å²) < 4.78 is 11.8. The van der Waals surface area contributed by atoms with Gasteiger partial charge in [-0.05, 0) is 30.7 Å². The van der Waals surface area contributed by atoms with Crippen LogP contribution in [0.3, 0.4) is 0 Å². The van der Waals surface area contributed by atoms with Crippen molar-refractivity contribution in [3.63, 3.8) is 0 Å². The highest BCUT2D eigenvalue weighted by molar-refractivity contribution is 5.74. The van der Waals surface area contributed by atoms with Crippen LogP contribution in [0.4, 0.5) is 0 Å². The molecular weight excluding hydrogens is 344 g/mol. The van der Waals surface area contributed by atoms with Crippen LogP contribution >= 0.6 is 0 Å². The van der Waals surface area contributed by atoms with Crippen molar-refractivity contribution in [2.24, 2.45) is 0 Å². The fourth-order valence-electron chi connectivity index (χ4n) is 2.73. The molecule has 6 heteroatoms. The van der Waals surface area contributed by atoms with Crippen molar-refractivity contribution < 1.29 is 19.1 Å². The van der Waals surface area contributed by atoms with Gasteiger partial charge in [0.05, 0.1) is 18.0 Å². The van der Waals surface area contributed by atoms with Gasteiger partial charge in [0, 0.05) is 12.5 Å². The number of hydrogen-bond acceptors (Lipinski definition) is 5. The number of benzene rings is 2. The molecule has 0 unspecified atom stereocenters. The predicted molar refractivity (Wildman–Crippen MR) is 101 cm³/mol. The van der Waals surface area contributed by atoms with Gasteiger partial charge >= 0.3 is 11.9 Å². The Morgan fingerprint density at radius 2 is 1.74 bits per heavy atom. The Bertz CT molecular complexity index is 948. The summed E-state index contributed by atoms with van der Waals surface area (Å²) in [5, 5.41) is 4.57. The monoisotopic (exact) mass is 364 g/mol. The summed E-state index contributed by atoms with van der Waals surface area (Å²) in [6.07, 6.45) is 0. The number of rotatable bonds is 6. The van der Waals surface area contributed by atoms with Crippen molar-refractivity contribution in [1.82, 2.24) is 9.78 Å². The first-order valence-corrected chi connectivity index (χ1v) is 8.64. The van der Waals surface area contributed by atoms with Crippen molar-refractivity contribution in [3.8, 4) is 28.3 Å². The first-order chi connectivity index (χ1) is 13.1. The largest absolute Gasteiger partial charge is 0.465 e. The smallest absolute Gasteiger partial charge is 0.327 e. The quantitative estimate of drug-likeness (QED) is 0.493. The van der Waals surface area contributed by atoms with Gasteiger partial charge < -0.3 is 9.47 Å². The number of nitrogens with zero attached hydrogens (tertiary/aromatic N) is 2. The van der Waals surface area contributed by atoms with Crippen LogP contribution in [0.15, 0.2) is 60.7 Å². The predicted octanol–water partition coefficient (Wildman–Crippen LogP) is 3.71. The summed E-state index contributed by atoms with van der Waals surface area (Å²) >= 11 is 0. The van der Waals surface area contributed by atoms with E-state index in [4.69, 9.17) is 9.47 Å². The fraction of sp³-hybridized carbons (Fsp3) is 0.190. The Labute approximate surface area is 157 Å². The van der Waals surface area contributed by atoms with E-state index in [1.165, 1.54) is 6.92 Å². The molecule has 0 N–H and O–H groups in total. The van der Waals surface area contributed by atoms with E-state index in [-0.39, 0.29) is 18.5 Å². The average molecular weight is 364 g/mol. The molecule has 1 heterocycles. The number of carbonyl (C=O) groups excluding carboxylic acids is 2. The highest BCUT2D eigenvalue weighted by atomic mass is 16.5. The van der Waals surface area contributed by atoms with Crippen LogP contribution in [0.1, 0.15) is 13.8 Å². The minimum atomic E-state index is -0.384. The van der Waals surface area contributed by atoms with Crippen LogP contribution in [0, 0.1) is 0 Å². The molecule has 27 heavy (non-hydrogen) atoms. The van der Waals surface area contributed by atoms with Crippen molar-refractivity contribution in [2.75, 3.05) is 6.61 Å². The third kappa shape index (κ3) is 4.61. The van der Waals surface area contributed by atoms with E-state index in [9.17, 15) is 9.59 Å². The maximum Gasteiger partial charge on any atom is 0.327 e. The molecule has 6 nitrogen and oxygen atoms in total. The molecule has 1 aromatic heterocycles. The number of hydrogen-bond donors (Lipinski definition) is 0. The highest BCUT2D eigenvalue weighted by Gasteiger charge is 2.15. The molecule has 3 aromatic rings. The number of aromatic nitrogens is 2. The second-order valence-electron chi connectivity index (χ2n) is 5.86. The molecule has 0 saturated heterocycles. The Hall–Kier alpha value is -3.41. The molecule has 0 spiro atoms. The van der Waals surface area contributed by atoms with Crippen molar-refractivity contribution in [2.45, 2.75) is 20.4 Å². The fourth-order valence-corrected chi connectivity index (χ4v) is 2.73. The number of esters is 2. The first kappa shape index (κ1) is 18.4. The van der Waals surface area contributed by atoms with Crippen LogP contribution in [-0.4, -0.2) is 28.3 Å². The Morgan fingerprint density at radius 1 is 1.00 bits per heavy atom. The molecule has 0 amide bonds. The van der Waals surface area contributed by atoms with Crippen molar-refractivity contribution >= 4 is 11.9 Å². The molecule has 138 valence electrons. The van der Waals surface area contributed by atoms with E-state index in [0.717, 1.165) is 16.8 Å². The van der Waals surface area contributed by atoms with Gasteiger partial charge in [0.1, 0.15) is 12.3 Å². The first-order valence-electron chi connectivity index (χ1n) is 8.64. The standard InChI is InChI=1S/C21H20N2O4/c1-3-26-21(25)14-23-20(16-8-5-4-6-9-16)13-19(22-23)17-10-7-11-18(12-17)27-15(2)24/h4-13H,3,14H2,1-2H3. The average Bonchev–Trinajstić information content (AvgIpc) is 3.06. The molecule has 2 aromatic carbocycles. The molecule has 0 aliphatic rings. The van der Waals surface area contributed by atoms with Gasteiger partial charge in [-0.25, -0.2) is 0 Å². The van der Waals surface area contributed by atoms with E-state index in [1.807, 2.05) is 42.5 Å². The second kappa shape index (κ2) is 8.31. The van der Waals surface area contributed by atoms with Gasteiger partial charge in [0.15, 0.2) is 0 Å². The van der Waals surface area contributed by atoms with E-state index in [2.05, 4.69) is 5.10 Å². The van der Waals surface area contributed by atoms with E-state index >= 15 is 0 Å². The summed E-state index contributed by atoms with van der Waals surface area (Å²) in [6.45, 7) is 3.46. The lowest BCUT2D eigenvalue weighted by Crippen LogP contribution is -2.15. The third-order valence-corrected chi connectivity index (χ3v) is 3.83. The van der Waals surface area contributed by atoms with Gasteiger partial charge in [0.25, 0.3) is 0 Å². The minimum absolute atomic E-state index is 0.0156. The zero-order valence-electron chi connectivity index (χ0n) is 15.2. The van der Waals surface area contributed by atoms with E-state index < -0.39 is 0 Å². The SMILES string of the molecule is CCOC(=O)Cn1nc(-c2cccc(OC(C)=O)c2)cc1-c1ccccc1. The van der Waals surface area contributed by atoms with Crippen LogP contribution < -0.4 is 4.74 Å². The lowest BCUT2D eigenvalue weighted by molar-refractivity contribution is -0.144.